The van der Waals surface area contributed by atoms with Crippen LogP contribution < -0.4 is 5.32 Å². The summed E-state index contributed by atoms with van der Waals surface area (Å²) in [7, 11) is 0. The average molecular weight is 328 g/mol. The third-order valence-electron chi connectivity index (χ3n) is 2.57. The predicted octanol–water partition coefficient (Wildman–Crippen LogP) is 4.38. The molecule has 1 atom stereocenters. The van der Waals surface area contributed by atoms with Gasteiger partial charge in [-0.05, 0) is 46.6 Å². The largest absolute Gasteiger partial charge is 0.508 e. The molecule has 0 aliphatic heterocycles. The second-order valence-electron chi connectivity index (χ2n) is 3.95. The number of aromatic nitrogens is 1. The van der Waals surface area contributed by atoms with Crippen LogP contribution in [0.1, 0.15) is 18.5 Å². The highest BCUT2D eigenvalue weighted by Crippen LogP contribution is 2.26. The fourth-order valence-corrected chi connectivity index (χ4v) is 2.05. The Labute approximate surface area is 119 Å². The summed E-state index contributed by atoms with van der Waals surface area (Å²) in [6.07, 6.45) is 1.68. The topological polar surface area (TPSA) is 45.2 Å². The van der Waals surface area contributed by atoms with Gasteiger partial charge in [-0.2, -0.15) is 0 Å². The Balaban J connectivity index is 2.13. The molecule has 2 aromatic rings. The van der Waals surface area contributed by atoms with Gasteiger partial charge in [0, 0.05) is 6.04 Å². The highest BCUT2D eigenvalue weighted by Gasteiger charge is 2.07. The first-order valence-electron chi connectivity index (χ1n) is 5.43. The van der Waals surface area contributed by atoms with Crippen LogP contribution >= 0.6 is 27.5 Å². The molecule has 1 heterocycles. The summed E-state index contributed by atoms with van der Waals surface area (Å²) in [6, 6.07) is 9.09. The number of hydrogen-bond donors (Lipinski definition) is 2. The average Bonchev–Trinajstić information content (AvgIpc) is 2.34. The van der Waals surface area contributed by atoms with Gasteiger partial charge in [0.15, 0.2) is 0 Å². The second kappa shape index (κ2) is 5.59. The van der Waals surface area contributed by atoms with E-state index < -0.39 is 0 Å². The van der Waals surface area contributed by atoms with Crippen molar-refractivity contribution in [1.29, 1.82) is 0 Å². The molecule has 1 unspecified atom stereocenters. The maximum atomic E-state index is 9.24. The minimum atomic E-state index is 0.112. The smallest absolute Gasteiger partial charge is 0.143 e. The van der Waals surface area contributed by atoms with Gasteiger partial charge in [0.1, 0.15) is 10.9 Å². The van der Waals surface area contributed by atoms with Crippen molar-refractivity contribution in [3.63, 3.8) is 0 Å². The number of pyridine rings is 1. The van der Waals surface area contributed by atoms with E-state index >= 15 is 0 Å². The number of anilines is 1. The van der Waals surface area contributed by atoms with E-state index in [9.17, 15) is 5.11 Å². The lowest BCUT2D eigenvalue weighted by Crippen LogP contribution is -2.06. The normalized spacial score (nSPS) is 12.2. The molecular formula is C13H12BrClN2O. The maximum Gasteiger partial charge on any atom is 0.143 e. The van der Waals surface area contributed by atoms with Crippen LogP contribution in [0.4, 0.5) is 5.69 Å². The molecule has 0 aliphatic rings. The second-order valence-corrected chi connectivity index (χ2v) is 5.17. The van der Waals surface area contributed by atoms with Crippen LogP contribution in [-0.2, 0) is 0 Å². The van der Waals surface area contributed by atoms with Crippen LogP contribution in [0.2, 0.25) is 5.15 Å². The molecule has 2 rings (SSSR count). The molecule has 0 saturated heterocycles. The van der Waals surface area contributed by atoms with E-state index in [-0.39, 0.29) is 11.8 Å². The Kier molecular flexibility index (Phi) is 4.09. The molecule has 3 nitrogen and oxygen atoms in total. The quantitative estimate of drug-likeness (QED) is 0.823. The highest BCUT2D eigenvalue weighted by molar-refractivity contribution is 9.10. The number of aromatic hydroxyl groups is 1. The van der Waals surface area contributed by atoms with Gasteiger partial charge in [-0.15, -0.1) is 0 Å². The van der Waals surface area contributed by atoms with Gasteiger partial charge in [0.25, 0.3) is 0 Å². The van der Waals surface area contributed by atoms with E-state index in [0.717, 1.165) is 15.7 Å². The fourth-order valence-electron chi connectivity index (χ4n) is 1.60. The molecule has 2 N–H and O–H groups in total. The molecule has 1 aromatic heterocycles. The van der Waals surface area contributed by atoms with Crippen LogP contribution in [0.3, 0.4) is 0 Å². The molecule has 94 valence electrons. The summed E-state index contributed by atoms with van der Waals surface area (Å²) < 4.78 is 0.757. The van der Waals surface area contributed by atoms with Gasteiger partial charge >= 0.3 is 0 Å². The maximum absolute atomic E-state index is 9.24. The van der Waals surface area contributed by atoms with Crippen molar-refractivity contribution in [3.05, 3.63) is 51.7 Å². The third kappa shape index (κ3) is 3.15. The summed E-state index contributed by atoms with van der Waals surface area (Å²) in [5.74, 6) is 0.266. The number of hydrogen-bond acceptors (Lipinski definition) is 3. The minimum Gasteiger partial charge on any atom is -0.508 e. The first-order chi connectivity index (χ1) is 8.56. The van der Waals surface area contributed by atoms with Crippen molar-refractivity contribution in [2.75, 3.05) is 5.32 Å². The molecule has 0 saturated carbocycles. The predicted molar refractivity (Wildman–Crippen MR) is 77.1 cm³/mol. The lowest BCUT2D eigenvalue weighted by Gasteiger charge is -2.15. The van der Waals surface area contributed by atoms with Gasteiger partial charge in [-0.3, -0.25) is 0 Å². The van der Waals surface area contributed by atoms with Crippen LogP contribution in [-0.4, -0.2) is 10.1 Å². The van der Waals surface area contributed by atoms with Crippen LogP contribution in [0, 0.1) is 0 Å². The van der Waals surface area contributed by atoms with Crippen LogP contribution in [0.25, 0.3) is 0 Å². The summed E-state index contributed by atoms with van der Waals surface area (Å²) in [6.45, 7) is 2.04. The molecule has 0 spiro atoms. The van der Waals surface area contributed by atoms with Crippen molar-refractivity contribution >= 4 is 33.2 Å². The summed E-state index contributed by atoms with van der Waals surface area (Å²) in [5, 5.41) is 13.0. The monoisotopic (exact) mass is 326 g/mol. The van der Waals surface area contributed by atoms with Crippen molar-refractivity contribution in [1.82, 2.24) is 4.98 Å². The summed E-state index contributed by atoms with van der Waals surface area (Å²) >= 11 is 9.17. The Bertz CT molecular complexity index is 545. The van der Waals surface area contributed by atoms with Gasteiger partial charge in [-0.1, -0.05) is 23.7 Å². The Morgan fingerprint density at radius 2 is 2.00 bits per heavy atom. The molecule has 5 heteroatoms. The Hall–Kier alpha value is -1.26. The zero-order chi connectivity index (χ0) is 13.1. The molecule has 0 radical (unpaired) electrons. The highest BCUT2D eigenvalue weighted by atomic mass is 79.9. The lowest BCUT2D eigenvalue weighted by molar-refractivity contribution is 0.475. The number of nitrogens with zero attached hydrogens (tertiary/aromatic N) is 1. The molecule has 0 aliphatic carbocycles. The van der Waals surface area contributed by atoms with E-state index in [2.05, 4.69) is 26.2 Å². The zero-order valence-corrected chi connectivity index (χ0v) is 12.0. The molecule has 0 fully saturated rings. The zero-order valence-electron chi connectivity index (χ0n) is 9.69. The van der Waals surface area contributed by atoms with Crippen molar-refractivity contribution in [2.24, 2.45) is 0 Å². The number of benzene rings is 1. The van der Waals surface area contributed by atoms with Crippen LogP contribution in [0.15, 0.2) is 41.0 Å². The minimum absolute atomic E-state index is 0.112. The first-order valence-corrected chi connectivity index (χ1v) is 6.60. The first kappa shape index (κ1) is 13.2. The molecule has 18 heavy (non-hydrogen) atoms. The number of phenolic OH excluding ortho intramolecular Hbond substituents is 1. The lowest BCUT2D eigenvalue weighted by atomic mass is 10.1. The fraction of sp³-hybridized carbons (Fsp3) is 0.154. The summed E-state index contributed by atoms with van der Waals surface area (Å²) in [5.41, 5.74) is 1.96. The molecule has 1 aromatic carbocycles. The summed E-state index contributed by atoms with van der Waals surface area (Å²) in [4.78, 5) is 4.06. The van der Waals surface area contributed by atoms with Crippen molar-refractivity contribution in [3.8, 4) is 5.75 Å². The standard InChI is InChI=1S/C13H12BrClN2O/c1-8(9-2-4-11(18)5-3-9)17-10-6-12(14)13(15)16-7-10/h2-8,17-18H,1H3. The number of rotatable bonds is 3. The van der Waals surface area contributed by atoms with Gasteiger partial charge in [-0.25, -0.2) is 4.98 Å². The number of nitrogens with one attached hydrogen (secondary N) is 1. The SMILES string of the molecule is CC(Nc1cnc(Cl)c(Br)c1)c1ccc(O)cc1. The number of phenols is 1. The molecular weight excluding hydrogens is 316 g/mol. The van der Waals surface area contributed by atoms with E-state index in [0.29, 0.717) is 5.15 Å². The van der Waals surface area contributed by atoms with Gasteiger partial charge in [0.05, 0.1) is 16.4 Å². The Morgan fingerprint density at radius 1 is 1.33 bits per heavy atom. The van der Waals surface area contributed by atoms with Gasteiger partial charge < -0.3 is 10.4 Å². The van der Waals surface area contributed by atoms with Crippen molar-refractivity contribution in [2.45, 2.75) is 13.0 Å². The van der Waals surface area contributed by atoms with Crippen molar-refractivity contribution < 1.29 is 5.11 Å². The van der Waals surface area contributed by atoms with E-state index in [1.807, 2.05) is 25.1 Å². The number of halogens is 2. The van der Waals surface area contributed by atoms with E-state index in [1.165, 1.54) is 0 Å². The van der Waals surface area contributed by atoms with E-state index in [1.54, 1.807) is 18.3 Å². The molecule has 0 amide bonds. The van der Waals surface area contributed by atoms with Crippen LogP contribution in [0.5, 0.6) is 5.75 Å². The molecule has 0 bridgehead atoms. The van der Waals surface area contributed by atoms with Gasteiger partial charge in [0.2, 0.25) is 0 Å². The van der Waals surface area contributed by atoms with E-state index in [4.69, 9.17) is 11.6 Å². The Morgan fingerprint density at radius 3 is 2.61 bits per heavy atom. The third-order valence-corrected chi connectivity index (χ3v) is 3.71.